The summed E-state index contributed by atoms with van der Waals surface area (Å²) in [7, 11) is -2.32. The van der Waals surface area contributed by atoms with Gasteiger partial charge in [-0.15, -0.1) is 0 Å². The summed E-state index contributed by atoms with van der Waals surface area (Å²) in [6.45, 7) is 0. The maximum atomic E-state index is 12.9. The molecule has 3 aromatic carbocycles. The van der Waals surface area contributed by atoms with E-state index in [1.54, 1.807) is 36.4 Å². The standard InChI is InChI=1S/C22H18N4O4S2/c1-29-19-8-4-3-7-17(19)26-32(27,28)14-10-11-15-18(12-14)24-21(23-15)13-31-22-25-16-6-2-5-9-20(16)30-22/h2-12,26H,13H2,1H3,(H,23,24). The quantitative estimate of drug-likeness (QED) is 0.331. The fourth-order valence-electron chi connectivity index (χ4n) is 3.25. The third-order valence-corrected chi connectivity index (χ3v) is 6.97. The number of H-pyrrole nitrogens is 1. The lowest BCUT2D eigenvalue weighted by Crippen LogP contribution is -2.13. The second-order valence-corrected chi connectivity index (χ2v) is 9.51. The Kier molecular flexibility index (Phi) is 5.24. The van der Waals surface area contributed by atoms with Crippen LogP contribution in [-0.2, 0) is 15.8 Å². The number of fused-ring (bicyclic) bond motifs is 2. The number of thioether (sulfide) groups is 1. The smallest absolute Gasteiger partial charge is 0.262 e. The van der Waals surface area contributed by atoms with Crippen molar-refractivity contribution in [2.75, 3.05) is 11.8 Å². The number of hydrogen-bond acceptors (Lipinski definition) is 7. The first kappa shape index (κ1) is 20.4. The zero-order chi connectivity index (χ0) is 22.1. The van der Waals surface area contributed by atoms with Crippen LogP contribution in [0.1, 0.15) is 5.82 Å². The molecule has 0 amide bonds. The molecule has 8 nitrogen and oxygen atoms in total. The number of nitrogens with zero attached hydrogens (tertiary/aromatic N) is 2. The normalized spacial score (nSPS) is 11.8. The first-order valence-corrected chi connectivity index (χ1v) is 12.1. The Morgan fingerprint density at radius 3 is 2.69 bits per heavy atom. The molecule has 0 unspecified atom stereocenters. The maximum Gasteiger partial charge on any atom is 0.262 e. The molecule has 0 saturated carbocycles. The number of imidazole rings is 1. The van der Waals surface area contributed by atoms with Crippen LogP contribution in [0.25, 0.3) is 22.1 Å². The van der Waals surface area contributed by atoms with Crippen molar-refractivity contribution in [3.8, 4) is 5.75 Å². The van der Waals surface area contributed by atoms with Crippen LogP contribution in [0.15, 0.2) is 81.3 Å². The van der Waals surface area contributed by atoms with Gasteiger partial charge in [0, 0.05) is 0 Å². The Morgan fingerprint density at radius 2 is 1.84 bits per heavy atom. The van der Waals surface area contributed by atoms with Crippen molar-refractivity contribution in [1.29, 1.82) is 0 Å². The molecule has 0 radical (unpaired) electrons. The number of sulfonamides is 1. The number of methoxy groups -OCH3 is 1. The third kappa shape index (κ3) is 4.02. The summed E-state index contributed by atoms with van der Waals surface area (Å²) in [5.41, 5.74) is 3.21. The average molecular weight is 467 g/mol. The molecule has 0 saturated heterocycles. The van der Waals surface area contributed by atoms with Crippen LogP contribution >= 0.6 is 11.8 Å². The van der Waals surface area contributed by atoms with Crippen LogP contribution in [0.2, 0.25) is 0 Å². The van der Waals surface area contributed by atoms with Gasteiger partial charge in [0.15, 0.2) is 5.58 Å². The summed E-state index contributed by atoms with van der Waals surface area (Å²) < 4.78 is 39.3. The van der Waals surface area contributed by atoms with Crippen LogP contribution in [0, 0.1) is 0 Å². The van der Waals surface area contributed by atoms with Crippen LogP contribution in [0.5, 0.6) is 5.75 Å². The number of aromatic amines is 1. The van der Waals surface area contributed by atoms with Gasteiger partial charge in [-0.3, -0.25) is 4.72 Å². The van der Waals surface area contributed by atoms with Crippen molar-refractivity contribution >= 4 is 49.6 Å². The molecule has 5 rings (SSSR count). The van der Waals surface area contributed by atoms with Crippen molar-refractivity contribution in [2.45, 2.75) is 15.9 Å². The molecule has 162 valence electrons. The van der Waals surface area contributed by atoms with E-state index in [1.165, 1.54) is 24.9 Å². The van der Waals surface area contributed by atoms with Crippen molar-refractivity contribution in [2.24, 2.45) is 0 Å². The average Bonchev–Trinajstić information content (AvgIpc) is 3.40. The summed E-state index contributed by atoms with van der Waals surface area (Å²) in [5, 5.41) is 0.552. The first-order chi connectivity index (χ1) is 15.5. The van der Waals surface area contributed by atoms with Crippen molar-refractivity contribution in [3.05, 3.63) is 72.6 Å². The van der Waals surface area contributed by atoms with Gasteiger partial charge in [0.1, 0.15) is 17.1 Å². The van der Waals surface area contributed by atoms with Gasteiger partial charge < -0.3 is 14.1 Å². The van der Waals surface area contributed by atoms with E-state index in [0.717, 1.165) is 11.1 Å². The molecule has 0 aliphatic heterocycles. The lowest BCUT2D eigenvalue weighted by atomic mass is 10.3. The summed E-state index contributed by atoms with van der Waals surface area (Å²) in [5.74, 6) is 1.64. The van der Waals surface area contributed by atoms with Gasteiger partial charge in [0.2, 0.25) is 0 Å². The molecule has 0 aliphatic carbocycles. The molecule has 0 fully saturated rings. The predicted molar refractivity (Wildman–Crippen MR) is 123 cm³/mol. The van der Waals surface area contributed by atoms with Crippen LogP contribution < -0.4 is 9.46 Å². The highest BCUT2D eigenvalue weighted by molar-refractivity contribution is 7.98. The van der Waals surface area contributed by atoms with Crippen molar-refractivity contribution in [1.82, 2.24) is 15.0 Å². The SMILES string of the molecule is COc1ccccc1NS(=O)(=O)c1ccc2nc(CSc3nc4ccccc4o3)[nH]c2c1. The van der Waals surface area contributed by atoms with E-state index >= 15 is 0 Å². The molecular weight excluding hydrogens is 448 g/mol. The molecule has 2 heterocycles. The Morgan fingerprint density at radius 1 is 1.03 bits per heavy atom. The van der Waals surface area contributed by atoms with Crippen LogP contribution in [0.4, 0.5) is 5.69 Å². The number of hydrogen-bond donors (Lipinski definition) is 2. The minimum absolute atomic E-state index is 0.123. The molecule has 0 bridgehead atoms. The number of aromatic nitrogens is 3. The van der Waals surface area contributed by atoms with Gasteiger partial charge in [0.25, 0.3) is 15.2 Å². The molecule has 5 aromatic rings. The van der Waals surface area contributed by atoms with Crippen molar-refractivity contribution < 1.29 is 17.6 Å². The third-order valence-electron chi connectivity index (χ3n) is 4.77. The van der Waals surface area contributed by atoms with Gasteiger partial charge in [-0.2, -0.15) is 0 Å². The van der Waals surface area contributed by atoms with E-state index < -0.39 is 10.0 Å². The zero-order valence-corrected chi connectivity index (χ0v) is 18.5. The monoisotopic (exact) mass is 466 g/mol. The fourth-order valence-corrected chi connectivity index (χ4v) is 5.06. The molecule has 2 aromatic heterocycles. The molecule has 32 heavy (non-hydrogen) atoms. The number of para-hydroxylation sites is 4. The highest BCUT2D eigenvalue weighted by Gasteiger charge is 2.18. The Hall–Kier alpha value is -3.50. The highest BCUT2D eigenvalue weighted by atomic mass is 32.2. The topological polar surface area (TPSA) is 110 Å². The van der Waals surface area contributed by atoms with E-state index in [1.807, 2.05) is 24.3 Å². The fraction of sp³-hybridized carbons (Fsp3) is 0.0909. The summed E-state index contributed by atoms with van der Waals surface area (Å²) in [6.07, 6.45) is 0. The first-order valence-electron chi connectivity index (χ1n) is 9.65. The Labute approximate surface area is 188 Å². The number of nitrogens with one attached hydrogen (secondary N) is 2. The highest BCUT2D eigenvalue weighted by Crippen LogP contribution is 2.28. The number of oxazole rings is 1. The minimum atomic E-state index is -3.81. The number of benzene rings is 3. The van der Waals surface area contributed by atoms with E-state index in [9.17, 15) is 8.42 Å². The largest absolute Gasteiger partial charge is 0.495 e. The number of rotatable bonds is 7. The molecule has 2 N–H and O–H groups in total. The maximum absolute atomic E-state index is 12.9. The van der Waals surface area contributed by atoms with Crippen LogP contribution in [0.3, 0.4) is 0 Å². The van der Waals surface area contributed by atoms with E-state index in [0.29, 0.717) is 39.3 Å². The molecule has 0 aliphatic rings. The van der Waals surface area contributed by atoms with Crippen molar-refractivity contribution in [3.63, 3.8) is 0 Å². The zero-order valence-electron chi connectivity index (χ0n) is 16.9. The number of ether oxygens (including phenoxy) is 1. The lowest BCUT2D eigenvalue weighted by Gasteiger charge is -2.11. The van der Waals surface area contributed by atoms with E-state index in [4.69, 9.17) is 9.15 Å². The van der Waals surface area contributed by atoms with E-state index in [-0.39, 0.29) is 4.90 Å². The molecule has 10 heteroatoms. The van der Waals surface area contributed by atoms with Gasteiger partial charge in [-0.25, -0.2) is 18.4 Å². The summed E-state index contributed by atoms with van der Waals surface area (Å²) in [4.78, 5) is 12.3. The summed E-state index contributed by atoms with van der Waals surface area (Å²) >= 11 is 1.41. The minimum Gasteiger partial charge on any atom is -0.495 e. The van der Waals surface area contributed by atoms with E-state index in [2.05, 4.69) is 19.7 Å². The lowest BCUT2D eigenvalue weighted by molar-refractivity contribution is 0.417. The second-order valence-electron chi connectivity index (χ2n) is 6.90. The molecular formula is C22H18N4O4S2. The van der Waals surface area contributed by atoms with Gasteiger partial charge >= 0.3 is 0 Å². The summed E-state index contributed by atoms with van der Waals surface area (Å²) in [6, 6.07) is 19.2. The van der Waals surface area contributed by atoms with Gasteiger partial charge in [-0.05, 0) is 42.5 Å². The Balaban J connectivity index is 1.36. The van der Waals surface area contributed by atoms with Crippen LogP contribution in [-0.4, -0.2) is 30.5 Å². The predicted octanol–water partition coefficient (Wildman–Crippen LogP) is 4.81. The Bertz CT molecular complexity index is 1490. The van der Waals surface area contributed by atoms with Gasteiger partial charge in [-0.1, -0.05) is 36.0 Å². The molecule has 0 atom stereocenters. The second kappa shape index (κ2) is 8.21. The number of anilines is 1. The molecule has 0 spiro atoms. The van der Waals surface area contributed by atoms with Gasteiger partial charge in [0.05, 0.1) is 34.5 Å².